The number of benzene rings is 1. The number of rotatable bonds is 1. The molecule has 1 aliphatic rings. The van der Waals surface area contributed by atoms with E-state index >= 15 is 0 Å². The summed E-state index contributed by atoms with van der Waals surface area (Å²) in [7, 11) is 0. The molecular weight excluding hydrogens is 236 g/mol. The van der Waals surface area contributed by atoms with Crippen LogP contribution in [-0.2, 0) is 0 Å². The molecule has 3 nitrogen and oxygen atoms in total. The van der Waals surface area contributed by atoms with Crippen LogP contribution in [-0.4, -0.2) is 35.0 Å². The summed E-state index contributed by atoms with van der Waals surface area (Å²) in [5.74, 6) is 0.128. The van der Waals surface area contributed by atoms with E-state index in [2.05, 4.69) is 33.0 Å². The van der Waals surface area contributed by atoms with Crippen LogP contribution >= 0.6 is 0 Å². The van der Waals surface area contributed by atoms with Gasteiger partial charge >= 0.3 is 0 Å². The van der Waals surface area contributed by atoms with E-state index in [9.17, 15) is 4.79 Å². The van der Waals surface area contributed by atoms with Gasteiger partial charge in [0.2, 0.25) is 0 Å². The fraction of sp³-hybridized carbons (Fsp3) is 0.562. The molecule has 1 aliphatic heterocycles. The van der Waals surface area contributed by atoms with Crippen LogP contribution in [0.3, 0.4) is 0 Å². The highest BCUT2D eigenvalue weighted by Gasteiger charge is 2.40. The minimum Gasteiger partial charge on any atom is -0.330 e. The van der Waals surface area contributed by atoms with Gasteiger partial charge in [0.25, 0.3) is 5.91 Å². The maximum Gasteiger partial charge on any atom is 0.254 e. The first-order valence-corrected chi connectivity index (χ1v) is 6.85. The average Bonchev–Trinajstić information content (AvgIpc) is 2.32. The lowest BCUT2D eigenvalue weighted by molar-refractivity contribution is 0.0281. The molecule has 2 rings (SSSR count). The second-order valence-corrected chi connectivity index (χ2v) is 6.81. The van der Waals surface area contributed by atoms with Crippen LogP contribution in [0.15, 0.2) is 24.3 Å². The summed E-state index contributed by atoms with van der Waals surface area (Å²) in [6.07, 6.45) is 0. The molecular formula is C16H24N2O. The smallest absolute Gasteiger partial charge is 0.254 e. The van der Waals surface area contributed by atoms with Crippen molar-refractivity contribution in [3.63, 3.8) is 0 Å². The summed E-state index contributed by atoms with van der Waals surface area (Å²) in [6.45, 7) is 12.1. The molecule has 0 bridgehead atoms. The third kappa shape index (κ3) is 2.98. The first-order valence-electron chi connectivity index (χ1n) is 6.85. The Hall–Kier alpha value is -1.35. The van der Waals surface area contributed by atoms with E-state index in [1.165, 1.54) is 0 Å². The fourth-order valence-corrected chi connectivity index (χ4v) is 2.50. The van der Waals surface area contributed by atoms with Crippen molar-refractivity contribution in [1.29, 1.82) is 0 Å². The third-order valence-corrected chi connectivity index (χ3v) is 3.79. The predicted molar refractivity (Wildman–Crippen MR) is 78.4 cm³/mol. The topological polar surface area (TPSA) is 32.3 Å². The molecule has 0 aromatic heterocycles. The quantitative estimate of drug-likeness (QED) is 0.842. The molecule has 1 aromatic rings. The number of hydrogen-bond acceptors (Lipinski definition) is 2. The van der Waals surface area contributed by atoms with Crippen LogP contribution < -0.4 is 5.32 Å². The van der Waals surface area contributed by atoms with Gasteiger partial charge in [-0.1, -0.05) is 17.7 Å². The minimum atomic E-state index is -0.156. The molecule has 19 heavy (non-hydrogen) atoms. The molecule has 0 atom stereocenters. The van der Waals surface area contributed by atoms with Crippen LogP contribution in [0, 0.1) is 6.92 Å². The second-order valence-electron chi connectivity index (χ2n) is 6.81. The monoisotopic (exact) mass is 260 g/mol. The lowest BCUT2D eigenvalue weighted by Crippen LogP contribution is -2.67. The molecule has 1 heterocycles. The maximum absolute atomic E-state index is 12.8. The SMILES string of the molecule is Cc1cccc(C(=O)N2CC(C)(C)NCC2(C)C)c1. The zero-order valence-electron chi connectivity index (χ0n) is 12.6. The summed E-state index contributed by atoms with van der Waals surface area (Å²) in [4.78, 5) is 14.8. The molecule has 1 aromatic carbocycles. The van der Waals surface area contributed by atoms with Crippen molar-refractivity contribution in [1.82, 2.24) is 10.2 Å². The van der Waals surface area contributed by atoms with Gasteiger partial charge in [-0.3, -0.25) is 4.79 Å². The Morgan fingerprint density at radius 2 is 1.95 bits per heavy atom. The Kier molecular flexibility index (Phi) is 3.43. The van der Waals surface area contributed by atoms with Gasteiger partial charge in [-0.05, 0) is 46.8 Å². The van der Waals surface area contributed by atoms with Crippen LogP contribution in [0.5, 0.6) is 0 Å². The van der Waals surface area contributed by atoms with Gasteiger partial charge in [-0.2, -0.15) is 0 Å². The van der Waals surface area contributed by atoms with E-state index in [-0.39, 0.29) is 17.0 Å². The average molecular weight is 260 g/mol. The van der Waals surface area contributed by atoms with E-state index in [0.29, 0.717) is 0 Å². The van der Waals surface area contributed by atoms with Gasteiger partial charge in [-0.15, -0.1) is 0 Å². The van der Waals surface area contributed by atoms with Crippen LogP contribution in [0.4, 0.5) is 0 Å². The number of carbonyl (C=O) groups excluding carboxylic acids is 1. The predicted octanol–water partition coefficient (Wildman–Crippen LogP) is 2.60. The van der Waals surface area contributed by atoms with E-state index < -0.39 is 0 Å². The van der Waals surface area contributed by atoms with Gasteiger partial charge < -0.3 is 10.2 Å². The summed E-state index contributed by atoms with van der Waals surface area (Å²) in [5, 5.41) is 3.50. The van der Waals surface area contributed by atoms with Gasteiger partial charge in [0, 0.05) is 24.2 Å². The van der Waals surface area contributed by atoms with Crippen molar-refractivity contribution in [3.05, 3.63) is 35.4 Å². The molecule has 1 N–H and O–H groups in total. The van der Waals surface area contributed by atoms with Crippen LogP contribution in [0.25, 0.3) is 0 Å². The largest absolute Gasteiger partial charge is 0.330 e. The molecule has 1 saturated heterocycles. The highest BCUT2D eigenvalue weighted by Crippen LogP contribution is 2.25. The van der Waals surface area contributed by atoms with E-state index in [1.54, 1.807) is 0 Å². The Morgan fingerprint density at radius 1 is 1.26 bits per heavy atom. The zero-order chi connectivity index (χ0) is 14.3. The molecule has 0 saturated carbocycles. The van der Waals surface area contributed by atoms with Crippen molar-refractivity contribution < 1.29 is 4.79 Å². The Labute approximate surface area is 116 Å². The molecule has 1 amide bonds. The molecule has 3 heteroatoms. The molecule has 0 spiro atoms. The Balaban J connectivity index is 2.30. The lowest BCUT2D eigenvalue weighted by atomic mass is 9.90. The van der Waals surface area contributed by atoms with E-state index in [1.807, 2.05) is 36.1 Å². The summed E-state index contributed by atoms with van der Waals surface area (Å²) < 4.78 is 0. The number of nitrogens with one attached hydrogen (secondary N) is 1. The summed E-state index contributed by atoms with van der Waals surface area (Å²) >= 11 is 0. The van der Waals surface area contributed by atoms with Crippen molar-refractivity contribution in [2.75, 3.05) is 13.1 Å². The van der Waals surface area contributed by atoms with Gasteiger partial charge in [0.15, 0.2) is 0 Å². The number of carbonyl (C=O) groups is 1. The molecule has 0 unspecified atom stereocenters. The number of piperazine rings is 1. The van der Waals surface area contributed by atoms with Crippen molar-refractivity contribution in [2.24, 2.45) is 0 Å². The lowest BCUT2D eigenvalue weighted by Gasteiger charge is -2.49. The van der Waals surface area contributed by atoms with Crippen molar-refractivity contribution in [2.45, 2.75) is 45.7 Å². The van der Waals surface area contributed by atoms with Crippen LogP contribution in [0.2, 0.25) is 0 Å². The Bertz CT molecular complexity index is 491. The number of hydrogen-bond donors (Lipinski definition) is 1. The first kappa shape index (κ1) is 14.1. The van der Waals surface area contributed by atoms with Crippen molar-refractivity contribution >= 4 is 5.91 Å². The zero-order valence-corrected chi connectivity index (χ0v) is 12.6. The van der Waals surface area contributed by atoms with Crippen LogP contribution in [0.1, 0.15) is 43.6 Å². The highest BCUT2D eigenvalue weighted by molar-refractivity contribution is 5.95. The Morgan fingerprint density at radius 3 is 2.58 bits per heavy atom. The summed E-state index contributed by atoms with van der Waals surface area (Å²) in [5.41, 5.74) is 1.72. The minimum absolute atomic E-state index is 0.0327. The number of nitrogens with zero attached hydrogens (tertiary/aromatic N) is 1. The third-order valence-electron chi connectivity index (χ3n) is 3.79. The maximum atomic E-state index is 12.8. The first-order chi connectivity index (χ1) is 8.71. The van der Waals surface area contributed by atoms with Crippen molar-refractivity contribution in [3.8, 4) is 0 Å². The molecule has 104 valence electrons. The second kappa shape index (κ2) is 4.64. The normalized spacial score (nSPS) is 21.2. The fourth-order valence-electron chi connectivity index (χ4n) is 2.50. The van der Waals surface area contributed by atoms with Gasteiger partial charge in [0.1, 0.15) is 0 Å². The van der Waals surface area contributed by atoms with Gasteiger partial charge in [0.05, 0.1) is 5.54 Å². The van der Waals surface area contributed by atoms with E-state index in [4.69, 9.17) is 0 Å². The molecule has 0 aliphatic carbocycles. The highest BCUT2D eigenvalue weighted by atomic mass is 16.2. The number of amides is 1. The summed E-state index contributed by atoms with van der Waals surface area (Å²) in [6, 6.07) is 7.83. The van der Waals surface area contributed by atoms with E-state index in [0.717, 1.165) is 24.2 Å². The standard InChI is InChI=1S/C16H24N2O/c1-12-7-6-8-13(9-12)14(19)18-11-15(2,3)17-10-16(18,4)5/h6-9,17H,10-11H2,1-5H3. The molecule has 0 radical (unpaired) electrons. The van der Waals surface area contributed by atoms with Gasteiger partial charge in [-0.25, -0.2) is 0 Å². The molecule has 1 fully saturated rings. The number of aryl methyl sites for hydroxylation is 1.